The van der Waals surface area contributed by atoms with E-state index >= 15 is 0 Å². The number of hydrogen-bond acceptors (Lipinski definition) is 6. The molecule has 0 N–H and O–H groups in total. The van der Waals surface area contributed by atoms with Gasteiger partial charge in [-0.05, 0) is 0 Å². The molecule has 104 valence electrons. The molecule has 1 rings (SSSR count). The van der Waals surface area contributed by atoms with E-state index in [2.05, 4.69) is 14.5 Å². The molecule has 0 aliphatic heterocycles. The summed E-state index contributed by atoms with van der Waals surface area (Å²) in [6.07, 6.45) is -5.21. The first-order chi connectivity index (χ1) is 8.58. The van der Waals surface area contributed by atoms with E-state index in [0.29, 0.717) is 0 Å². The summed E-state index contributed by atoms with van der Waals surface area (Å²) in [5.74, 6) is -1.81. The van der Waals surface area contributed by atoms with Crippen molar-refractivity contribution in [2.24, 2.45) is 0 Å². The topological polar surface area (TPSA) is 89.3 Å². The normalized spacial score (nSPS) is 11.8. The molecule has 0 atom stereocenters. The van der Waals surface area contributed by atoms with Gasteiger partial charge in [0.2, 0.25) is 11.8 Å². The van der Waals surface area contributed by atoms with Crippen molar-refractivity contribution in [3.05, 3.63) is 11.6 Å². The number of alkyl halides is 3. The summed E-state index contributed by atoms with van der Waals surface area (Å²) < 4.78 is 66.9. The number of rotatable bonds is 3. The maximum absolute atomic E-state index is 12.2. The molecule has 1 aromatic heterocycles. The lowest BCUT2D eigenvalue weighted by molar-refractivity contribution is -0.277. The molecule has 0 spiro atoms. The van der Waals surface area contributed by atoms with Crippen LogP contribution in [-0.4, -0.2) is 26.9 Å². The van der Waals surface area contributed by atoms with E-state index < -0.39 is 37.6 Å². The van der Waals surface area contributed by atoms with Crippen LogP contribution in [0, 0.1) is 11.3 Å². The number of nitriles is 1. The quantitative estimate of drug-likeness (QED) is 0.790. The van der Waals surface area contributed by atoms with Gasteiger partial charge in [0.15, 0.2) is 4.90 Å². The third-order valence-electron chi connectivity index (χ3n) is 1.70. The van der Waals surface area contributed by atoms with Gasteiger partial charge < -0.3 is 9.47 Å². The van der Waals surface area contributed by atoms with E-state index in [1.165, 1.54) is 6.07 Å². The summed E-state index contributed by atoms with van der Waals surface area (Å²) >= 11 is 0. The lowest BCUT2D eigenvalue weighted by Gasteiger charge is -2.12. The number of halogens is 4. The van der Waals surface area contributed by atoms with Crippen molar-refractivity contribution >= 4 is 19.7 Å². The van der Waals surface area contributed by atoms with Crippen LogP contribution >= 0.6 is 10.7 Å². The molecule has 6 nitrogen and oxygen atoms in total. The molecule has 11 heteroatoms. The third-order valence-corrected chi connectivity index (χ3v) is 3.05. The van der Waals surface area contributed by atoms with Crippen molar-refractivity contribution in [3.8, 4) is 17.8 Å². The van der Waals surface area contributed by atoms with E-state index in [-0.39, 0.29) is 0 Å². The number of pyridine rings is 1. The number of aromatic nitrogens is 1. The van der Waals surface area contributed by atoms with Crippen molar-refractivity contribution in [1.29, 1.82) is 5.26 Å². The molecule has 0 saturated carbocycles. The highest BCUT2D eigenvalue weighted by Crippen LogP contribution is 2.34. The number of nitrogens with zero attached hydrogens (tertiary/aromatic N) is 2. The van der Waals surface area contributed by atoms with E-state index in [4.69, 9.17) is 15.9 Å². The van der Waals surface area contributed by atoms with Crippen LogP contribution in [0.3, 0.4) is 0 Å². The van der Waals surface area contributed by atoms with Crippen molar-refractivity contribution < 1.29 is 31.1 Å². The minimum Gasteiger partial charge on any atom is -0.481 e. The molecule has 0 unspecified atom stereocenters. The van der Waals surface area contributed by atoms with Crippen LogP contribution < -0.4 is 9.47 Å². The van der Waals surface area contributed by atoms with Gasteiger partial charge in [0.25, 0.3) is 9.05 Å². The second-order valence-corrected chi connectivity index (χ2v) is 5.45. The first-order valence-electron chi connectivity index (χ1n) is 4.28. The first-order valence-corrected chi connectivity index (χ1v) is 6.59. The summed E-state index contributed by atoms with van der Waals surface area (Å²) in [7, 11) is 1.36. The average molecular weight is 317 g/mol. The zero-order valence-electron chi connectivity index (χ0n) is 9.02. The maximum Gasteiger partial charge on any atom is 0.574 e. The Hall–Kier alpha value is -1.73. The lowest BCUT2D eigenvalue weighted by atomic mass is 10.3. The van der Waals surface area contributed by atoms with Gasteiger partial charge in [-0.3, -0.25) is 0 Å². The molecule has 1 aromatic rings. The summed E-state index contributed by atoms with van der Waals surface area (Å²) in [5, 5.41) is 8.73. The SMILES string of the molecule is COc1cc(C#N)c(S(=O)(=O)Cl)c(OC(F)(F)F)n1. The highest BCUT2D eigenvalue weighted by atomic mass is 35.7. The third kappa shape index (κ3) is 3.87. The van der Waals surface area contributed by atoms with Gasteiger partial charge in [-0.1, -0.05) is 0 Å². The van der Waals surface area contributed by atoms with Crippen LogP contribution in [0.1, 0.15) is 5.56 Å². The number of methoxy groups -OCH3 is 1. The predicted molar refractivity (Wildman–Crippen MR) is 55.2 cm³/mol. The fourth-order valence-corrected chi connectivity index (χ4v) is 2.20. The molecule has 0 fully saturated rings. The first kappa shape index (κ1) is 15.3. The standard InChI is InChI=1S/C8H4ClF3N2O4S/c1-17-5-2-4(3-13)6(19(9,15)16)7(14-5)18-8(10,11)12/h2H,1H3. The molecule has 0 aromatic carbocycles. The Morgan fingerprint density at radius 2 is 2.05 bits per heavy atom. The molecular formula is C8H4ClF3N2O4S. The highest BCUT2D eigenvalue weighted by Gasteiger charge is 2.36. The van der Waals surface area contributed by atoms with Crippen LogP contribution in [0.5, 0.6) is 11.8 Å². The molecule has 0 saturated heterocycles. The van der Waals surface area contributed by atoms with Crippen molar-refractivity contribution in [2.75, 3.05) is 7.11 Å². The molecule has 1 heterocycles. The second-order valence-electron chi connectivity index (χ2n) is 2.94. The number of ether oxygens (including phenoxy) is 2. The van der Waals surface area contributed by atoms with Gasteiger partial charge in [-0.15, -0.1) is 13.2 Å². The Morgan fingerprint density at radius 3 is 2.42 bits per heavy atom. The van der Waals surface area contributed by atoms with Crippen LogP contribution in [0.25, 0.3) is 0 Å². The largest absolute Gasteiger partial charge is 0.574 e. The zero-order valence-corrected chi connectivity index (χ0v) is 10.6. The summed E-state index contributed by atoms with van der Waals surface area (Å²) in [6.45, 7) is 0. The van der Waals surface area contributed by atoms with Crippen molar-refractivity contribution in [2.45, 2.75) is 11.3 Å². The molecule has 0 aliphatic carbocycles. The maximum atomic E-state index is 12.2. The Kier molecular flexibility index (Phi) is 4.12. The summed E-state index contributed by atoms with van der Waals surface area (Å²) in [4.78, 5) is 2.00. The molecule has 0 bridgehead atoms. The minimum atomic E-state index is -5.21. The van der Waals surface area contributed by atoms with Gasteiger partial charge in [-0.25, -0.2) is 8.42 Å². The smallest absolute Gasteiger partial charge is 0.481 e. The zero-order chi connectivity index (χ0) is 14.8. The molecule has 19 heavy (non-hydrogen) atoms. The monoisotopic (exact) mass is 316 g/mol. The number of hydrogen-bond donors (Lipinski definition) is 0. The van der Waals surface area contributed by atoms with E-state index in [9.17, 15) is 21.6 Å². The summed E-state index contributed by atoms with van der Waals surface area (Å²) in [6, 6.07) is 2.19. The molecule has 0 amide bonds. The van der Waals surface area contributed by atoms with E-state index in [1.807, 2.05) is 0 Å². The second kappa shape index (κ2) is 5.10. The Balaban J connectivity index is 3.62. The molecule has 0 radical (unpaired) electrons. The highest BCUT2D eigenvalue weighted by molar-refractivity contribution is 8.13. The van der Waals surface area contributed by atoms with E-state index in [1.54, 1.807) is 0 Å². The fourth-order valence-electron chi connectivity index (χ4n) is 1.09. The van der Waals surface area contributed by atoms with Gasteiger partial charge in [0.1, 0.15) is 6.07 Å². The van der Waals surface area contributed by atoms with Crippen molar-refractivity contribution in [3.63, 3.8) is 0 Å². The van der Waals surface area contributed by atoms with Gasteiger partial charge in [0, 0.05) is 16.7 Å². The van der Waals surface area contributed by atoms with Crippen LogP contribution in [0.2, 0.25) is 0 Å². The predicted octanol–water partition coefficient (Wildman–Crippen LogP) is 1.79. The van der Waals surface area contributed by atoms with Crippen LogP contribution in [0.15, 0.2) is 11.0 Å². The lowest BCUT2D eigenvalue weighted by Crippen LogP contribution is -2.20. The Morgan fingerprint density at radius 1 is 1.47 bits per heavy atom. The average Bonchev–Trinajstić information content (AvgIpc) is 2.23. The van der Waals surface area contributed by atoms with Crippen LogP contribution in [-0.2, 0) is 9.05 Å². The van der Waals surface area contributed by atoms with Gasteiger partial charge in [0.05, 0.1) is 12.7 Å². The Bertz CT molecular complexity index is 639. The molecular weight excluding hydrogens is 313 g/mol. The van der Waals surface area contributed by atoms with Crippen molar-refractivity contribution in [1.82, 2.24) is 4.98 Å². The summed E-state index contributed by atoms with van der Waals surface area (Å²) in [5.41, 5.74) is -0.680. The Labute approximate surface area is 109 Å². The molecule has 0 aliphatic rings. The van der Waals surface area contributed by atoms with Crippen LogP contribution in [0.4, 0.5) is 13.2 Å². The fraction of sp³-hybridized carbons (Fsp3) is 0.250. The van der Waals surface area contributed by atoms with Gasteiger partial charge >= 0.3 is 6.36 Å². The minimum absolute atomic E-state index is 0.431. The van der Waals surface area contributed by atoms with Gasteiger partial charge in [-0.2, -0.15) is 10.2 Å². The van der Waals surface area contributed by atoms with E-state index in [0.717, 1.165) is 13.2 Å².